The maximum atomic E-state index is 5.77. The third-order valence-electron chi connectivity index (χ3n) is 2.43. The van der Waals surface area contributed by atoms with Gasteiger partial charge in [0.2, 0.25) is 0 Å². The summed E-state index contributed by atoms with van der Waals surface area (Å²) in [6.45, 7) is 0.692. The van der Waals surface area contributed by atoms with Gasteiger partial charge in [-0.3, -0.25) is 4.90 Å². The summed E-state index contributed by atoms with van der Waals surface area (Å²) in [5.41, 5.74) is 7.38. The molecule has 0 fully saturated rings. The molecule has 2 rings (SSSR count). The Labute approximate surface area is 100 Å². The van der Waals surface area contributed by atoms with Crippen molar-refractivity contribution < 1.29 is 0 Å². The van der Waals surface area contributed by atoms with Crippen LogP contribution in [0.15, 0.2) is 12.3 Å². The third-order valence-corrected chi connectivity index (χ3v) is 2.43. The molecule has 0 aromatic carbocycles. The molecule has 0 aliphatic carbocycles. The Bertz CT molecular complexity index is 600. The Balaban J connectivity index is 2.50. The monoisotopic (exact) mass is 229 g/mol. The lowest BCUT2D eigenvalue weighted by molar-refractivity contribution is 0.464. The minimum Gasteiger partial charge on any atom is -0.382 e. The first kappa shape index (κ1) is 11.4. The smallest absolute Gasteiger partial charge is 0.160 e. The van der Waals surface area contributed by atoms with Crippen LogP contribution in [0.25, 0.3) is 10.9 Å². The minimum atomic E-state index is 0.443. The molecule has 88 valence electrons. The van der Waals surface area contributed by atoms with Gasteiger partial charge < -0.3 is 10.3 Å². The minimum absolute atomic E-state index is 0.443. The summed E-state index contributed by atoms with van der Waals surface area (Å²) in [5.74, 6) is 6.52. The van der Waals surface area contributed by atoms with Gasteiger partial charge in [0.15, 0.2) is 11.5 Å². The van der Waals surface area contributed by atoms with Gasteiger partial charge in [-0.2, -0.15) is 0 Å². The number of hydrogen-bond donors (Lipinski definition) is 1. The first-order valence-corrected chi connectivity index (χ1v) is 5.30. The standard InChI is InChI=1S/C12H15N5/c1-16(2)7-4-5-10-11-9(6-8-17(11)3)12(13)15-14-10/h6,8H,7H2,1-3H3,(H2,13,15). The van der Waals surface area contributed by atoms with Crippen molar-refractivity contribution in [2.24, 2.45) is 7.05 Å². The Kier molecular flexibility index (Phi) is 2.98. The Morgan fingerprint density at radius 3 is 2.88 bits per heavy atom. The summed E-state index contributed by atoms with van der Waals surface area (Å²) in [6, 6.07) is 1.93. The maximum Gasteiger partial charge on any atom is 0.160 e. The van der Waals surface area contributed by atoms with E-state index in [4.69, 9.17) is 5.73 Å². The van der Waals surface area contributed by atoms with Crippen molar-refractivity contribution in [1.82, 2.24) is 19.7 Å². The summed E-state index contributed by atoms with van der Waals surface area (Å²) >= 11 is 0. The van der Waals surface area contributed by atoms with E-state index in [1.165, 1.54) is 0 Å². The number of nitrogens with zero attached hydrogens (tertiary/aromatic N) is 4. The van der Waals surface area contributed by atoms with E-state index in [9.17, 15) is 0 Å². The molecule has 0 bridgehead atoms. The van der Waals surface area contributed by atoms with Gasteiger partial charge in [0.25, 0.3) is 0 Å². The van der Waals surface area contributed by atoms with Crippen LogP contribution in [-0.2, 0) is 7.05 Å². The molecule has 0 radical (unpaired) electrons. The molecular formula is C12H15N5. The summed E-state index contributed by atoms with van der Waals surface area (Å²) in [4.78, 5) is 2.00. The molecule has 2 aromatic heterocycles. The second kappa shape index (κ2) is 4.44. The zero-order chi connectivity index (χ0) is 12.4. The number of aromatic nitrogens is 3. The van der Waals surface area contributed by atoms with Gasteiger partial charge in [-0.15, -0.1) is 10.2 Å². The van der Waals surface area contributed by atoms with Crippen LogP contribution in [0.2, 0.25) is 0 Å². The average Bonchev–Trinajstić information content (AvgIpc) is 2.65. The van der Waals surface area contributed by atoms with Crippen molar-refractivity contribution in [3.8, 4) is 11.8 Å². The molecule has 17 heavy (non-hydrogen) atoms. The summed E-state index contributed by atoms with van der Waals surface area (Å²) in [6.07, 6.45) is 1.93. The number of rotatable bonds is 1. The molecule has 0 saturated carbocycles. The third kappa shape index (κ3) is 2.22. The van der Waals surface area contributed by atoms with Crippen molar-refractivity contribution in [3.63, 3.8) is 0 Å². The zero-order valence-electron chi connectivity index (χ0n) is 10.2. The van der Waals surface area contributed by atoms with Crippen LogP contribution >= 0.6 is 0 Å². The second-order valence-electron chi connectivity index (χ2n) is 4.16. The van der Waals surface area contributed by atoms with Gasteiger partial charge in [-0.25, -0.2) is 0 Å². The molecule has 0 aliphatic rings. The highest BCUT2D eigenvalue weighted by Crippen LogP contribution is 2.20. The van der Waals surface area contributed by atoms with Crippen molar-refractivity contribution in [2.75, 3.05) is 26.4 Å². The van der Waals surface area contributed by atoms with E-state index >= 15 is 0 Å². The van der Waals surface area contributed by atoms with Crippen LogP contribution in [-0.4, -0.2) is 40.3 Å². The van der Waals surface area contributed by atoms with Crippen LogP contribution in [0.4, 0.5) is 5.82 Å². The fourth-order valence-electron chi connectivity index (χ4n) is 1.60. The first-order chi connectivity index (χ1) is 8.09. The second-order valence-corrected chi connectivity index (χ2v) is 4.16. The fourth-order valence-corrected chi connectivity index (χ4v) is 1.60. The van der Waals surface area contributed by atoms with E-state index in [0.29, 0.717) is 18.1 Å². The van der Waals surface area contributed by atoms with Crippen molar-refractivity contribution in [1.29, 1.82) is 0 Å². The molecule has 0 saturated heterocycles. The topological polar surface area (TPSA) is 60.0 Å². The lowest BCUT2D eigenvalue weighted by Gasteiger charge is -2.02. The Morgan fingerprint density at radius 1 is 1.41 bits per heavy atom. The van der Waals surface area contributed by atoms with Crippen LogP contribution in [0.5, 0.6) is 0 Å². The molecule has 0 spiro atoms. The lowest BCUT2D eigenvalue weighted by atomic mass is 10.2. The lowest BCUT2D eigenvalue weighted by Crippen LogP contribution is -2.11. The van der Waals surface area contributed by atoms with Gasteiger partial charge in [0.1, 0.15) is 0 Å². The highest BCUT2D eigenvalue weighted by molar-refractivity contribution is 5.91. The summed E-state index contributed by atoms with van der Waals surface area (Å²) < 4.78 is 1.96. The molecule has 2 heterocycles. The number of nitrogen functional groups attached to an aromatic ring is 1. The van der Waals surface area contributed by atoms with E-state index < -0.39 is 0 Å². The van der Waals surface area contributed by atoms with Crippen LogP contribution in [0.1, 0.15) is 5.69 Å². The zero-order valence-corrected chi connectivity index (χ0v) is 10.2. The van der Waals surface area contributed by atoms with Crippen LogP contribution in [0.3, 0.4) is 0 Å². The van der Waals surface area contributed by atoms with E-state index in [1.54, 1.807) is 0 Å². The molecule has 2 N–H and O–H groups in total. The quantitative estimate of drug-likeness (QED) is 0.722. The summed E-state index contributed by atoms with van der Waals surface area (Å²) in [7, 11) is 5.89. The predicted molar refractivity (Wildman–Crippen MR) is 68.4 cm³/mol. The van der Waals surface area contributed by atoms with Crippen LogP contribution < -0.4 is 5.73 Å². The molecule has 0 atom stereocenters. The number of nitrogens with two attached hydrogens (primary N) is 1. The fraction of sp³-hybridized carbons (Fsp3) is 0.333. The Hall–Kier alpha value is -2.06. The number of anilines is 1. The first-order valence-electron chi connectivity index (χ1n) is 5.30. The van der Waals surface area contributed by atoms with E-state index in [-0.39, 0.29) is 0 Å². The van der Waals surface area contributed by atoms with Gasteiger partial charge in [0.05, 0.1) is 12.1 Å². The highest BCUT2D eigenvalue weighted by atomic mass is 15.2. The SMILES string of the molecule is CN(C)CC#Cc1nnc(N)c2ccn(C)c12. The molecule has 0 amide bonds. The molecule has 5 heteroatoms. The maximum absolute atomic E-state index is 5.77. The summed E-state index contributed by atoms with van der Waals surface area (Å²) in [5, 5.41) is 8.86. The van der Waals surface area contributed by atoms with Gasteiger partial charge >= 0.3 is 0 Å². The van der Waals surface area contributed by atoms with Crippen molar-refractivity contribution in [2.45, 2.75) is 0 Å². The van der Waals surface area contributed by atoms with Gasteiger partial charge in [-0.05, 0) is 26.1 Å². The normalized spacial score (nSPS) is 10.6. The van der Waals surface area contributed by atoms with Crippen molar-refractivity contribution >= 4 is 16.7 Å². The van der Waals surface area contributed by atoms with Gasteiger partial charge in [-0.1, -0.05) is 5.92 Å². The predicted octanol–water partition coefficient (Wildman–Crippen LogP) is 0.464. The van der Waals surface area contributed by atoms with E-state index in [1.807, 2.05) is 42.9 Å². The molecule has 2 aromatic rings. The largest absolute Gasteiger partial charge is 0.382 e. The van der Waals surface area contributed by atoms with E-state index in [0.717, 1.165) is 10.9 Å². The number of hydrogen-bond acceptors (Lipinski definition) is 4. The van der Waals surface area contributed by atoms with E-state index in [2.05, 4.69) is 22.0 Å². The Morgan fingerprint density at radius 2 is 2.18 bits per heavy atom. The number of aryl methyl sites for hydroxylation is 1. The molecule has 0 aliphatic heterocycles. The molecular weight excluding hydrogens is 214 g/mol. The average molecular weight is 229 g/mol. The van der Waals surface area contributed by atoms with Gasteiger partial charge in [0, 0.05) is 18.6 Å². The van der Waals surface area contributed by atoms with Crippen molar-refractivity contribution in [3.05, 3.63) is 18.0 Å². The molecule has 0 unspecified atom stereocenters. The number of fused-ring (bicyclic) bond motifs is 1. The highest BCUT2D eigenvalue weighted by Gasteiger charge is 2.08. The molecule has 5 nitrogen and oxygen atoms in total. The van der Waals surface area contributed by atoms with Crippen LogP contribution in [0, 0.1) is 11.8 Å².